The minimum absolute atomic E-state index is 0.340. The van der Waals surface area contributed by atoms with E-state index in [1.807, 2.05) is 13.3 Å². The van der Waals surface area contributed by atoms with Crippen molar-refractivity contribution < 1.29 is 0 Å². The molecular weight excluding hydrogens is 278 g/mol. The zero-order valence-corrected chi connectivity index (χ0v) is 12.7. The molecule has 0 saturated carbocycles. The summed E-state index contributed by atoms with van der Waals surface area (Å²) in [6, 6.07) is 0. The smallest absolute Gasteiger partial charge is 0.0419 e. The van der Waals surface area contributed by atoms with Crippen molar-refractivity contribution in [2.24, 2.45) is 10.7 Å². The van der Waals surface area contributed by atoms with Crippen LogP contribution in [-0.2, 0) is 0 Å². The first-order chi connectivity index (χ1) is 8.26. The summed E-state index contributed by atoms with van der Waals surface area (Å²) in [4.78, 5) is 4.80. The highest BCUT2D eigenvalue weighted by Crippen LogP contribution is 2.15. The average Bonchev–Trinajstić information content (AvgIpc) is 2.33. The van der Waals surface area contributed by atoms with Gasteiger partial charge in [0.15, 0.2) is 0 Å². The second-order valence-electron chi connectivity index (χ2n) is 4.03. The van der Waals surface area contributed by atoms with Gasteiger partial charge in [-0.1, -0.05) is 35.4 Å². The van der Waals surface area contributed by atoms with E-state index in [9.17, 15) is 0 Å². The molecule has 1 atom stereocenters. The Morgan fingerprint density at radius 3 is 2.88 bits per heavy atom. The fraction of sp³-hybridized carbons (Fsp3) is 0.769. The summed E-state index contributed by atoms with van der Waals surface area (Å²) in [5, 5.41) is 3.12. The van der Waals surface area contributed by atoms with Gasteiger partial charge in [-0.3, -0.25) is 4.99 Å². The molecule has 0 fully saturated rings. The minimum atomic E-state index is 0.340. The van der Waals surface area contributed by atoms with Gasteiger partial charge >= 0.3 is 0 Å². The highest BCUT2D eigenvalue weighted by Gasteiger charge is 2.06. The Labute approximate surface area is 114 Å². The van der Waals surface area contributed by atoms with Crippen molar-refractivity contribution >= 4 is 22.1 Å². The van der Waals surface area contributed by atoms with Gasteiger partial charge in [-0.05, 0) is 45.0 Å². The number of halogens is 1. The third-order valence-corrected chi connectivity index (χ3v) is 3.39. The molecule has 1 unspecified atom stereocenters. The number of unbranched alkanes of at least 4 members (excludes halogenated alkanes) is 1. The molecule has 0 rings (SSSR count). The van der Waals surface area contributed by atoms with Gasteiger partial charge in [0.2, 0.25) is 0 Å². The maximum Gasteiger partial charge on any atom is 0.0419 e. The number of nitrogens with zero attached hydrogens (tertiary/aromatic N) is 1. The maximum atomic E-state index is 5.58. The van der Waals surface area contributed by atoms with E-state index in [4.69, 9.17) is 5.73 Å². The van der Waals surface area contributed by atoms with Gasteiger partial charge in [-0.2, -0.15) is 0 Å². The second kappa shape index (κ2) is 12.3. The van der Waals surface area contributed by atoms with Crippen LogP contribution < -0.4 is 11.1 Å². The molecule has 100 valence electrons. The van der Waals surface area contributed by atoms with E-state index in [1.54, 1.807) is 0 Å². The monoisotopic (exact) mass is 303 g/mol. The van der Waals surface area contributed by atoms with Crippen LogP contribution in [0.3, 0.4) is 0 Å². The SMILES string of the molecule is CCC/C=C(\C=N/CCCNC)C(Br)CCN. The van der Waals surface area contributed by atoms with Gasteiger partial charge < -0.3 is 11.1 Å². The molecule has 0 saturated heterocycles. The van der Waals surface area contributed by atoms with E-state index >= 15 is 0 Å². The van der Waals surface area contributed by atoms with Crippen LogP contribution in [0.5, 0.6) is 0 Å². The van der Waals surface area contributed by atoms with Crippen molar-refractivity contribution in [2.75, 3.05) is 26.7 Å². The normalized spacial score (nSPS) is 14.5. The van der Waals surface area contributed by atoms with E-state index in [-0.39, 0.29) is 0 Å². The van der Waals surface area contributed by atoms with Crippen LogP contribution in [0.15, 0.2) is 16.6 Å². The number of hydrogen-bond donors (Lipinski definition) is 2. The summed E-state index contributed by atoms with van der Waals surface area (Å²) >= 11 is 3.67. The zero-order chi connectivity index (χ0) is 12.9. The molecule has 3 nitrogen and oxygen atoms in total. The van der Waals surface area contributed by atoms with Crippen molar-refractivity contribution in [1.82, 2.24) is 5.32 Å². The lowest BCUT2D eigenvalue weighted by Crippen LogP contribution is -2.12. The molecule has 0 amide bonds. The minimum Gasteiger partial charge on any atom is -0.330 e. The zero-order valence-electron chi connectivity index (χ0n) is 11.1. The summed E-state index contributed by atoms with van der Waals surface area (Å²) in [5.74, 6) is 0. The molecule has 0 heterocycles. The van der Waals surface area contributed by atoms with Crippen molar-refractivity contribution in [3.63, 3.8) is 0 Å². The number of hydrogen-bond acceptors (Lipinski definition) is 3. The fourth-order valence-corrected chi connectivity index (χ4v) is 1.97. The van der Waals surface area contributed by atoms with Crippen LogP contribution in [0.1, 0.15) is 32.6 Å². The fourth-order valence-electron chi connectivity index (χ4n) is 1.40. The predicted molar refractivity (Wildman–Crippen MR) is 81.3 cm³/mol. The molecule has 0 aromatic heterocycles. The third-order valence-electron chi connectivity index (χ3n) is 2.40. The van der Waals surface area contributed by atoms with E-state index in [0.29, 0.717) is 11.4 Å². The average molecular weight is 304 g/mol. The van der Waals surface area contributed by atoms with Crippen molar-refractivity contribution in [2.45, 2.75) is 37.4 Å². The first kappa shape index (κ1) is 16.8. The van der Waals surface area contributed by atoms with Gasteiger partial charge in [0, 0.05) is 17.6 Å². The van der Waals surface area contributed by atoms with Crippen molar-refractivity contribution in [3.05, 3.63) is 11.6 Å². The van der Waals surface area contributed by atoms with Crippen LogP contribution >= 0.6 is 15.9 Å². The molecule has 0 aliphatic rings. The maximum absolute atomic E-state index is 5.58. The number of aliphatic imine (C=N–C) groups is 1. The first-order valence-electron chi connectivity index (χ1n) is 6.44. The lowest BCUT2D eigenvalue weighted by atomic mass is 10.1. The number of nitrogens with one attached hydrogen (secondary N) is 1. The molecule has 0 aromatic rings. The molecule has 0 radical (unpaired) electrons. The predicted octanol–water partition coefficient (Wildman–Crippen LogP) is 2.51. The Kier molecular flexibility index (Phi) is 12.1. The van der Waals surface area contributed by atoms with Crippen LogP contribution in [0, 0.1) is 0 Å². The molecule has 0 aliphatic heterocycles. The molecule has 17 heavy (non-hydrogen) atoms. The molecule has 0 spiro atoms. The van der Waals surface area contributed by atoms with Gasteiger partial charge in [-0.25, -0.2) is 0 Å². The highest BCUT2D eigenvalue weighted by molar-refractivity contribution is 9.09. The van der Waals surface area contributed by atoms with Gasteiger partial charge in [-0.15, -0.1) is 0 Å². The number of rotatable bonds is 10. The van der Waals surface area contributed by atoms with Gasteiger partial charge in [0.25, 0.3) is 0 Å². The standard InChI is InChI=1S/C13H26BrN3/c1-3-4-6-12(13(14)7-8-15)11-17-10-5-9-16-2/h6,11,13,16H,3-5,7-10,15H2,1-2H3/b12-6+,17-11-. The second-order valence-corrected chi connectivity index (χ2v) is 5.14. The lowest BCUT2D eigenvalue weighted by Gasteiger charge is -2.09. The quantitative estimate of drug-likeness (QED) is 0.370. The summed E-state index contributed by atoms with van der Waals surface area (Å²) in [6.45, 7) is 4.79. The van der Waals surface area contributed by atoms with Crippen LogP contribution in [0.2, 0.25) is 0 Å². The summed E-state index contributed by atoms with van der Waals surface area (Å²) in [5.41, 5.74) is 6.85. The van der Waals surface area contributed by atoms with E-state index < -0.39 is 0 Å². The Bertz CT molecular complexity index is 227. The molecule has 0 aromatic carbocycles. The van der Waals surface area contributed by atoms with Gasteiger partial charge in [0.05, 0.1) is 0 Å². The van der Waals surface area contributed by atoms with Crippen LogP contribution in [0.25, 0.3) is 0 Å². The number of nitrogens with two attached hydrogens (primary N) is 1. The molecule has 4 heteroatoms. The van der Waals surface area contributed by atoms with E-state index in [0.717, 1.165) is 32.4 Å². The lowest BCUT2D eigenvalue weighted by molar-refractivity contribution is 0.735. The van der Waals surface area contributed by atoms with Crippen molar-refractivity contribution in [1.29, 1.82) is 0 Å². The number of alkyl halides is 1. The molecule has 0 aliphatic carbocycles. The Morgan fingerprint density at radius 1 is 1.53 bits per heavy atom. The third kappa shape index (κ3) is 9.51. The number of allylic oxidation sites excluding steroid dienone is 2. The summed E-state index contributed by atoms with van der Waals surface area (Å²) < 4.78 is 0. The topological polar surface area (TPSA) is 50.4 Å². The molecule has 0 bridgehead atoms. The van der Waals surface area contributed by atoms with Crippen molar-refractivity contribution in [3.8, 4) is 0 Å². The Morgan fingerprint density at radius 2 is 2.29 bits per heavy atom. The first-order valence-corrected chi connectivity index (χ1v) is 7.36. The molecular formula is C13H26BrN3. The highest BCUT2D eigenvalue weighted by atomic mass is 79.9. The Balaban J connectivity index is 4.18. The summed E-state index contributed by atoms with van der Waals surface area (Å²) in [7, 11) is 1.96. The molecule has 3 N–H and O–H groups in total. The summed E-state index contributed by atoms with van der Waals surface area (Å²) in [6.07, 6.45) is 8.57. The Hall–Kier alpha value is -0.190. The van der Waals surface area contributed by atoms with E-state index in [1.165, 1.54) is 12.0 Å². The van der Waals surface area contributed by atoms with E-state index in [2.05, 4.69) is 39.2 Å². The largest absolute Gasteiger partial charge is 0.330 e. The van der Waals surface area contributed by atoms with Crippen LogP contribution in [-0.4, -0.2) is 37.7 Å². The van der Waals surface area contributed by atoms with Gasteiger partial charge in [0.1, 0.15) is 0 Å². The van der Waals surface area contributed by atoms with Crippen LogP contribution in [0.4, 0.5) is 0 Å².